The summed E-state index contributed by atoms with van der Waals surface area (Å²) in [6, 6.07) is 0. The van der Waals surface area contributed by atoms with E-state index in [9.17, 15) is 13.9 Å². The number of halogens is 2. The van der Waals surface area contributed by atoms with E-state index in [1.807, 2.05) is 0 Å². The fraction of sp³-hybridized carbons (Fsp3) is 0.875. The Kier molecular flexibility index (Phi) is 4.83. The molecule has 1 N–H and O–H groups in total. The first kappa shape index (κ1) is 12.3. The molecule has 0 heterocycles. The van der Waals surface area contributed by atoms with Gasteiger partial charge in [-0.05, 0) is 6.42 Å². The molecule has 2 atom stereocenters. The van der Waals surface area contributed by atoms with Crippen LogP contribution in [0, 0.1) is 5.92 Å². The van der Waals surface area contributed by atoms with E-state index in [0.29, 0.717) is 6.21 Å². The summed E-state index contributed by atoms with van der Waals surface area (Å²) < 4.78 is 26.1. The van der Waals surface area contributed by atoms with Crippen LogP contribution in [0.2, 0.25) is 0 Å². The number of rotatable bonds is 5. The van der Waals surface area contributed by atoms with Crippen molar-refractivity contribution in [1.82, 2.24) is 0 Å². The van der Waals surface area contributed by atoms with E-state index < -0.39 is 17.9 Å². The first-order chi connectivity index (χ1) is 5.95. The molecule has 0 saturated heterocycles. The molecule has 0 aliphatic heterocycles. The Morgan fingerprint density at radius 2 is 2.15 bits per heavy atom. The molecule has 0 aromatic heterocycles. The fourth-order valence-corrected chi connectivity index (χ4v) is 0.851. The van der Waals surface area contributed by atoms with Gasteiger partial charge in [0.1, 0.15) is 13.3 Å². The minimum Gasteiger partial charge on any atom is -0.399 e. The monoisotopic (exact) mass is 195 g/mol. The van der Waals surface area contributed by atoms with Gasteiger partial charge in [-0.15, -0.1) is 0 Å². The van der Waals surface area contributed by atoms with Crippen molar-refractivity contribution in [3.05, 3.63) is 0 Å². The molecule has 0 rings (SSSR count). The lowest BCUT2D eigenvalue weighted by molar-refractivity contribution is -0.0416. The Hall–Kier alpha value is -0.710. The van der Waals surface area contributed by atoms with Crippen LogP contribution in [0.3, 0.4) is 0 Å². The van der Waals surface area contributed by atoms with Crippen LogP contribution in [0.4, 0.5) is 8.78 Å². The lowest BCUT2D eigenvalue weighted by Gasteiger charge is -2.23. The van der Waals surface area contributed by atoms with Gasteiger partial charge in [0.15, 0.2) is 0 Å². The average Bonchev–Trinajstić information content (AvgIpc) is 2.12. The summed E-state index contributed by atoms with van der Waals surface area (Å²) in [5.41, 5.74) is 0. The lowest BCUT2D eigenvalue weighted by atomic mass is 9.96. The molecule has 5 heteroatoms. The highest BCUT2D eigenvalue weighted by Gasteiger charge is 2.38. The van der Waals surface area contributed by atoms with E-state index in [1.165, 1.54) is 14.0 Å². The fourth-order valence-electron chi connectivity index (χ4n) is 0.851. The molecule has 3 nitrogen and oxygen atoms in total. The third-order valence-corrected chi connectivity index (χ3v) is 1.93. The van der Waals surface area contributed by atoms with E-state index in [0.717, 1.165) is 0 Å². The maximum absolute atomic E-state index is 13.1. The van der Waals surface area contributed by atoms with Crippen molar-refractivity contribution >= 4 is 6.21 Å². The summed E-state index contributed by atoms with van der Waals surface area (Å²) in [4.78, 5) is 4.15. The number of aliphatic hydroxyl groups is 1. The van der Waals surface area contributed by atoms with Crippen molar-refractivity contribution in [3.8, 4) is 0 Å². The molecule has 0 spiro atoms. The van der Waals surface area contributed by atoms with Crippen molar-refractivity contribution in [2.75, 3.05) is 7.11 Å². The van der Waals surface area contributed by atoms with E-state index in [1.54, 1.807) is 6.92 Å². The Bertz CT molecular complexity index is 174. The standard InChI is InChI=1S/C8H15F2NO2/c1-4-7(12)6(2)8(9,10)5-11-13-3/h5-7,12H,4H2,1-3H3/b11-5+/t6-,7-/m1/s1. The first-order valence-electron chi connectivity index (χ1n) is 4.09. The number of alkyl halides is 2. The molecular weight excluding hydrogens is 180 g/mol. The minimum absolute atomic E-state index is 0.289. The van der Waals surface area contributed by atoms with Crippen molar-refractivity contribution < 1.29 is 18.7 Å². The second kappa shape index (κ2) is 5.11. The van der Waals surface area contributed by atoms with Gasteiger partial charge in [0.05, 0.1) is 12.0 Å². The zero-order valence-corrected chi connectivity index (χ0v) is 8.00. The predicted octanol–water partition coefficient (Wildman–Crippen LogP) is 1.66. The van der Waals surface area contributed by atoms with E-state index in [2.05, 4.69) is 9.99 Å². The SMILES string of the molecule is CC[C@@H](O)[C@@H](C)C(F)(F)/C=N/OC. The van der Waals surface area contributed by atoms with E-state index in [-0.39, 0.29) is 6.42 Å². The van der Waals surface area contributed by atoms with Crippen LogP contribution in [-0.2, 0) is 4.84 Å². The van der Waals surface area contributed by atoms with Gasteiger partial charge >= 0.3 is 0 Å². The molecule has 0 fully saturated rings. The summed E-state index contributed by atoms with van der Waals surface area (Å²) in [5.74, 6) is -4.29. The number of hydrogen-bond donors (Lipinski definition) is 1. The molecule has 0 aromatic carbocycles. The maximum Gasteiger partial charge on any atom is 0.291 e. The Balaban J connectivity index is 4.34. The highest BCUT2D eigenvalue weighted by molar-refractivity contribution is 5.66. The summed E-state index contributed by atoms with van der Waals surface area (Å²) in [7, 11) is 1.19. The lowest BCUT2D eigenvalue weighted by Crippen LogP contribution is -2.36. The van der Waals surface area contributed by atoms with Crippen LogP contribution < -0.4 is 0 Å². The zero-order valence-electron chi connectivity index (χ0n) is 8.00. The Morgan fingerprint density at radius 1 is 1.62 bits per heavy atom. The van der Waals surface area contributed by atoms with Gasteiger partial charge in [0, 0.05) is 0 Å². The Labute approximate surface area is 76.4 Å². The van der Waals surface area contributed by atoms with E-state index >= 15 is 0 Å². The molecule has 0 aromatic rings. The predicted molar refractivity (Wildman–Crippen MR) is 45.9 cm³/mol. The van der Waals surface area contributed by atoms with Crippen molar-refractivity contribution in [2.24, 2.45) is 11.1 Å². The summed E-state index contributed by atoms with van der Waals surface area (Å²) in [6.45, 7) is 2.92. The molecular formula is C8H15F2NO2. The minimum atomic E-state index is -3.13. The Morgan fingerprint density at radius 3 is 2.54 bits per heavy atom. The van der Waals surface area contributed by atoms with Crippen LogP contribution in [-0.4, -0.2) is 30.5 Å². The quantitative estimate of drug-likeness (QED) is 0.535. The molecule has 0 amide bonds. The van der Waals surface area contributed by atoms with Crippen LogP contribution in [0.15, 0.2) is 5.16 Å². The van der Waals surface area contributed by atoms with E-state index in [4.69, 9.17) is 0 Å². The molecule has 0 bridgehead atoms. The third kappa shape index (κ3) is 3.67. The average molecular weight is 195 g/mol. The molecule has 0 unspecified atom stereocenters. The first-order valence-corrected chi connectivity index (χ1v) is 4.09. The third-order valence-electron chi connectivity index (χ3n) is 1.93. The molecule has 0 saturated carbocycles. The molecule has 0 radical (unpaired) electrons. The van der Waals surface area contributed by atoms with Gasteiger partial charge in [-0.3, -0.25) is 0 Å². The highest BCUT2D eigenvalue weighted by Crippen LogP contribution is 2.26. The summed E-state index contributed by atoms with van der Waals surface area (Å²) >= 11 is 0. The molecule has 78 valence electrons. The summed E-state index contributed by atoms with van der Waals surface area (Å²) in [6.07, 6.45) is -0.327. The molecule has 13 heavy (non-hydrogen) atoms. The second-order valence-electron chi connectivity index (χ2n) is 2.86. The van der Waals surface area contributed by atoms with Gasteiger partial charge in [-0.2, -0.15) is 8.78 Å². The van der Waals surface area contributed by atoms with Crippen LogP contribution in [0.5, 0.6) is 0 Å². The normalized spacial score (nSPS) is 17.4. The van der Waals surface area contributed by atoms with Crippen LogP contribution >= 0.6 is 0 Å². The zero-order chi connectivity index (χ0) is 10.5. The smallest absolute Gasteiger partial charge is 0.291 e. The van der Waals surface area contributed by atoms with Crippen molar-refractivity contribution in [2.45, 2.75) is 32.3 Å². The van der Waals surface area contributed by atoms with Crippen LogP contribution in [0.25, 0.3) is 0 Å². The van der Waals surface area contributed by atoms with Gasteiger partial charge in [0.25, 0.3) is 5.92 Å². The second-order valence-corrected chi connectivity index (χ2v) is 2.86. The topological polar surface area (TPSA) is 41.8 Å². The number of nitrogens with zero attached hydrogens (tertiary/aromatic N) is 1. The number of oxime groups is 1. The van der Waals surface area contributed by atoms with Gasteiger partial charge in [-0.1, -0.05) is 19.0 Å². The van der Waals surface area contributed by atoms with Gasteiger partial charge < -0.3 is 9.94 Å². The number of hydrogen-bond acceptors (Lipinski definition) is 3. The highest BCUT2D eigenvalue weighted by atomic mass is 19.3. The molecule has 0 aliphatic rings. The van der Waals surface area contributed by atoms with Crippen molar-refractivity contribution in [1.29, 1.82) is 0 Å². The maximum atomic E-state index is 13.1. The van der Waals surface area contributed by atoms with Gasteiger partial charge in [0.2, 0.25) is 0 Å². The molecule has 0 aliphatic carbocycles. The largest absolute Gasteiger partial charge is 0.399 e. The van der Waals surface area contributed by atoms with Gasteiger partial charge in [-0.25, -0.2) is 0 Å². The number of aliphatic hydroxyl groups excluding tert-OH is 1. The summed E-state index contributed by atoms with van der Waals surface area (Å²) in [5, 5.41) is 12.2. The van der Waals surface area contributed by atoms with Crippen molar-refractivity contribution in [3.63, 3.8) is 0 Å². The van der Waals surface area contributed by atoms with Crippen LogP contribution in [0.1, 0.15) is 20.3 Å².